The van der Waals surface area contributed by atoms with Crippen molar-refractivity contribution in [2.24, 2.45) is 0 Å². The predicted molar refractivity (Wildman–Crippen MR) is 102 cm³/mol. The van der Waals surface area contributed by atoms with Crippen LogP contribution in [0.2, 0.25) is 5.02 Å². The van der Waals surface area contributed by atoms with Gasteiger partial charge in [-0.25, -0.2) is 4.98 Å². The highest BCUT2D eigenvalue weighted by atomic mass is 35.5. The summed E-state index contributed by atoms with van der Waals surface area (Å²) in [5.74, 6) is 0.765. The second-order valence-electron chi connectivity index (χ2n) is 5.94. The first-order valence-electron chi connectivity index (χ1n) is 7.97. The number of hydrogen-bond acceptors (Lipinski definition) is 2. The fourth-order valence-corrected chi connectivity index (χ4v) is 3.21. The Morgan fingerprint density at radius 1 is 0.800 bits per heavy atom. The minimum absolute atomic E-state index is 0.734. The quantitative estimate of drug-likeness (QED) is 0.449. The molecule has 0 aliphatic carbocycles. The molecule has 2 heterocycles. The standard InChI is InChI=1S/C20H13ClN4/c21-14-8-5-12(6-9-14)13-7-10-17-18(11-13)23-20(22-17)19-15-3-1-2-4-16(15)24-25-19/h1-11H,(H,22,23)(H,24,25). The summed E-state index contributed by atoms with van der Waals surface area (Å²) >= 11 is 5.98. The van der Waals surface area contributed by atoms with Crippen LogP contribution in [-0.4, -0.2) is 20.2 Å². The zero-order valence-corrected chi connectivity index (χ0v) is 13.9. The van der Waals surface area contributed by atoms with Gasteiger partial charge in [-0.2, -0.15) is 5.10 Å². The first-order valence-corrected chi connectivity index (χ1v) is 8.35. The van der Waals surface area contributed by atoms with Crippen LogP contribution in [0.25, 0.3) is 44.6 Å². The number of nitrogens with one attached hydrogen (secondary N) is 2. The number of fused-ring (bicyclic) bond motifs is 2. The third-order valence-corrected chi connectivity index (χ3v) is 4.61. The van der Waals surface area contributed by atoms with Gasteiger partial charge in [0.1, 0.15) is 5.69 Å². The van der Waals surface area contributed by atoms with E-state index in [4.69, 9.17) is 16.6 Å². The normalized spacial score (nSPS) is 11.4. The molecular formula is C20H13ClN4. The Balaban J connectivity index is 1.63. The van der Waals surface area contributed by atoms with Gasteiger partial charge in [0.25, 0.3) is 0 Å². The summed E-state index contributed by atoms with van der Waals surface area (Å²) < 4.78 is 0. The molecule has 0 spiro atoms. The minimum atomic E-state index is 0.734. The summed E-state index contributed by atoms with van der Waals surface area (Å²) in [6.07, 6.45) is 0. The molecule has 0 amide bonds. The number of hydrogen-bond donors (Lipinski definition) is 2. The summed E-state index contributed by atoms with van der Waals surface area (Å²) in [7, 11) is 0. The number of halogens is 1. The summed E-state index contributed by atoms with van der Waals surface area (Å²) in [4.78, 5) is 8.11. The molecule has 120 valence electrons. The van der Waals surface area contributed by atoms with Gasteiger partial charge in [-0.15, -0.1) is 0 Å². The number of imidazole rings is 1. The lowest BCUT2D eigenvalue weighted by Gasteiger charge is -2.01. The van der Waals surface area contributed by atoms with E-state index in [1.165, 1.54) is 0 Å². The highest BCUT2D eigenvalue weighted by molar-refractivity contribution is 6.30. The number of H-pyrrole nitrogens is 2. The second kappa shape index (κ2) is 5.46. The van der Waals surface area contributed by atoms with E-state index in [9.17, 15) is 0 Å². The second-order valence-corrected chi connectivity index (χ2v) is 6.38. The molecule has 0 aliphatic rings. The van der Waals surface area contributed by atoms with E-state index < -0.39 is 0 Å². The highest BCUT2D eigenvalue weighted by Gasteiger charge is 2.12. The van der Waals surface area contributed by atoms with E-state index in [1.807, 2.05) is 54.6 Å². The topological polar surface area (TPSA) is 57.4 Å². The number of benzene rings is 3. The Kier molecular flexibility index (Phi) is 3.11. The van der Waals surface area contributed by atoms with Gasteiger partial charge in [-0.05, 0) is 41.5 Å². The minimum Gasteiger partial charge on any atom is -0.337 e. The third-order valence-electron chi connectivity index (χ3n) is 4.36. The lowest BCUT2D eigenvalue weighted by Crippen LogP contribution is -1.80. The van der Waals surface area contributed by atoms with E-state index in [2.05, 4.69) is 27.3 Å². The molecule has 5 heteroatoms. The number of nitrogens with zero attached hydrogens (tertiary/aromatic N) is 2. The van der Waals surface area contributed by atoms with E-state index >= 15 is 0 Å². The van der Waals surface area contributed by atoms with Crippen LogP contribution in [0, 0.1) is 0 Å². The zero-order valence-electron chi connectivity index (χ0n) is 13.1. The molecule has 0 saturated carbocycles. The summed E-state index contributed by atoms with van der Waals surface area (Å²) in [5.41, 5.74) is 5.95. The van der Waals surface area contributed by atoms with Crippen molar-refractivity contribution in [2.45, 2.75) is 0 Å². The zero-order chi connectivity index (χ0) is 16.8. The highest BCUT2D eigenvalue weighted by Crippen LogP contribution is 2.29. The van der Waals surface area contributed by atoms with Crippen LogP contribution in [0.3, 0.4) is 0 Å². The molecule has 0 bridgehead atoms. The molecule has 3 aromatic carbocycles. The molecule has 0 aliphatic heterocycles. The first kappa shape index (κ1) is 14.3. The molecule has 2 aromatic heterocycles. The smallest absolute Gasteiger partial charge is 0.159 e. The van der Waals surface area contributed by atoms with Gasteiger partial charge in [0.2, 0.25) is 0 Å². The van der Waals surface area contributed by atoms with Crippen molar-refractivity contribution in [3.8, 4) is 22.6 Å². The van der Waals surface area contributed by atoms with Crippen molar-refractivity contribution in [2.75, 3.05) is 0 Å². The fourth-order valence-electron chi connectivity index (χ4n) is 3.08. The first-order chi connectivity index (χ1) is 12.3. The Labute approximate surface area is 148 Å². The Hall–Kier alpha value is -3.11. The van der Waals surface area contributed by atoms with Gasteiger partial charge in [0.05, 0.1) is 16.6 Å². The number of aromatic amines is 2. The van der Waals surface area contributed by atoms with Crippen molar-refractivity contribution < 1.29 is 0 Å². The monoisotopic (exact) mass is 344 g/mol. The van der Waals surface area contributed by atoms with Crippen molar-refractivity contribution in [3.63, 3.8) is 0 Å². The number of rotatable bonds is 2. The van der Waals surface area contributed by atoms with Gasteiger partial charge >= 0.3 is 0 Å². The largest absolute Gasteiger partial charge is 0.337 e. The number of para-hydroxylation sites is 1. The Bertz CT molecular complexity index is 1200. The van der Waals surface area contributed by atoms with Crippen molar-refractivity contribution in [1.29, 1.82) is 0 Å². The fraction of sp³-hybridized carbons (Fsp3) is 0. The predicted octanol–water partition coefficient (Wildman–Crippen LogP) is 5.43. The summed E-state index contributed by atoms with van der Waals surface area (Å²) in [6, 6.07) is 22.1. The molecule has 0 unspecified atom stereocenters. The van der Waals surface area contributed by atoms with Crippen molar-refractivity contribution in [3.05, 3.63) is 71.8 Å². The lowest BCUT2D eigenvalue weighted by atomic mass is 10.1. The average Bonchev–Trinajstić information content (AvgIpc) is 3.25. The van der Waals surface area contributed by atoms with Gasteiger partial charge in [0, 0.05) is 10.4 Å². The Morgan fingerprint density at radius 2 is 1.60 bits per heavy atom. The maximum atomic E-state index is 5.98. The number of aromatic nitrogens is 4. The van der Waals surface area contributed by atoms with E-state index in [0.717, 1.165) is 49.6 Å². The third kappa shape index (κ3) is 2.39. The van der Waals surface area contributed by atoms with Crippen molar-refractivity contribution in [1.82, 2.24) is 20.2 Å². The van der Waals surface area contributed by atoms with Crippen LogP contribution >= 0.6 is 11.6 Å². The Morgan fingerprint density at radius 3 is 2.48 bits per heavy atom. The van der Waals surface area contributed by atoms with Gasteiger partial charge < -0.3 is 4.98 Å². The SMILES string of the molecule is Clc1ccc(-c2ccc3[nH]c(-c4n[nH]c5ccccc45)nc3c2)cc1. The lowest BCUT2D eigenvalue weighted by molar-refractivity contribution is 1.11. The molecule has 0 saturated heterocycles. The van der Waals surface area contributed by atoms with Crippen LogP contribution in [0.15, 0.2) is 66.7 Å². The van der Waals surface area contributed by atoms with Crippen LogP contribution in [0.1, 0.15) is 0 Å². The summed E-state index contributed by atoms with van der Waals surface area (Å²) in [6.45, 7) is 0. The molecule has 2 N–H and O–H groups in total. The van der Waals surface area contributed by atoms with E-state index in [-0.39, 0.29) is 0 Å². The van der Waals surface area contributed by atoms with Gasteiger partial charge in [-0.1, -0.05) is 48.0 Å². The van der Waals surface area contributed by atoms with Gasteiger partial charge in [-0.3, -0.25) is 5.10 Å². The molecule has 25 heavy (non-hydrogen) atoms. The molecular weight excluding hydrogens is 332 g/mol. The van der Waals surface area contributed by atoms with Gasteiger partial charge in [0.15, 0.2) is 5.82 Å². The molecule has 0 radical (unpaired) electrons. The molecule has 0 fully saturated rings. The van der Waals surface area contributed by atoms with E-state index in [1.54, 1.807) is 0 Å². The summed E-state index contributed by atoms with van der Waals surface area (Å²) in [5, 5.41) is 9.26. The van der Waals surface area contributed by atoms with Crippen LogP contribution in [0.5, 0.6) is 0 Å². The molecule has 5 rings (SSSR count). The maximum absolute atomic E-state index is 5.98. The molecule has 5 aromatic rings. The maximum Gasteiger partial charge on any atom is 0.159 e. The van der Waals surface area contributed by atoms with Crippen LogP contribution in [-0.2, 0) is 0 Å². The van der Waals surface area contributed by atoms with Crippen LogP contribution in [0.4, 0.5) is 0 Å². The molecule has 0 atom stereocenters. The molecule has 4 nitrogen and oxygen atoms in total. The van der Waals surface area contributed by atoms with Crippen LogP contribution < -0.4 is 0 Å². The average molecular weight is 345 g/mol. The van der Waals surface area contributed by atoms with E-state index in [0.29, 0.717) is 0 Å². The van der Waals surface area contributed by atoms with Crippen molar-refractivity contribution >= 4 is 33.5 Å².